The van der Waals surface area contributed by atoms with Crippen molar-refractivity contribution in [2.75, 3.05) is 5.32 Å². The lowest BCUT2D eigenvalue weighted by atomic mass is 10.1. The van der Waals surface area contributed by atoms with E-state index in [0.717, 1.165) is 23.4 Å². The second kappa shape index (κ2) is 8.48. The van der Waals surface area contributed by atoms with Crippen LogP contribution < -0.4 is 5.32 Å². The maximum atomic E-state index is 12.3. The Balaban J connectivity index is 1.56. The number of benzene rings is 1. The molecule has 7 nitrogen and oxygen atoms in total. The Morgan fingerprint density at radius 1 is 1.20 bits per heavy atom. The number of nitrogens with one attached hydrogen (secondary N) is 1. The predicted octanol–water partition coefficient (Wildman–Crippen LogP) is 3.16. The van der Waals surface area contributed by atoms with Crippen LogP contribution >= 0.6 is 11.3 Å². The van der Waals surface area contributed by atoms with Gasteiger partial charge in [0.2, 0.25) is 5.13 Å². The summed E-state index contributed by atoms with van der Waals surface area (Å²) in [6.45, 7) is 2.79. The van der Waals surface area contributed by atoms with Gasteiger partial charge < -0.3 is 0 Å². The first-order valence-corrected chi connectivity index (χ1v) is 9.11. The summed E-state index contributed by atoms with van der Waals surface area (Å²) in [6, 6.07) is 7.41. The average Bonchev–Trinajstić information content (AvgIpc) is 3.28. The topological polar surface area (TPSA) is 85.6 Å². The normalized spacial score (nSPS) is 10.8. The molecule has 0 aliphatic rings. The number of carbonyl (C=O) groups excluding carboxylic acids is 1. The van der Waals surface area contributed by atoms with Crippen molar-refractivity contribution in [1.82, 2.24) is 25.0 Å². The Hall–Kier alpha value is -2.61. The predicted molar refractivity (Wildman–Crippen MR) is 96.7 cm³/mol. The molecule has 0 atom stereocenters. The molecule has 0 radical (unpaired) electrons. The Morgan fingerprint density at radius 3 is 2.76 bits per heavy atom. The van der Waals surface area contributed by atoms with Crippen LogP contribution in [0.3, 0.4) is 0 Å². The molecule has 0 aliphatic heterocycles. The standard InChI is InChI=1S/C17H20N6OS/c1-2-3-4-5-15-21-22-17(25-15)20-16(24)14-8-6-13(7-9-14)10-23-12-18-11-19-23/h6-9,11-12H,2-5,10H2,1H3,(H,20,22,24). The molecular weight excluding hydrogens is 336 g/mol. The molecule has 25 heavy (non-hydrogen) atoms. The Bertz CT molecular complexity index is 797. The molecule has 2 aromatic heterocycles. The van der Waals surface area contributed by atoms with E-state index in [2.05, 4.69) is 32.5 Å². The SMILES string of the molecule is CCCCCc1nnc(NC(=O)c2ccc(Cn3cncn3)cc2)s1. The van der Waals surface area contributed by atoms with Gasteiger partial charge in [-0.1, -0.05) is 43.2 Å². The maximum Gasteiger partial charge on any atom is 0.257 e. The molecule has 0 bridgehead atoms. The van der Waals surface area contributed by atoms with Crippen LogP contribution in [0, 0.1) is 0 Å². The summed E-state index contributed by atoms with van der Waals surface area (Å²) in [5.74, 6) is -0.177. The fourth-order valence-electron chi connectivity index (χ4n) is 2.36. The van der Waals surface area contributed by atoms with Crippen LogP contribution in [0.2, 0.25) is 0 Å². The smallest absolute Gasteiger partial charge is 0.257 e. The lowest BCUT2D eigenvalue weighted by molar-refractivity contribution is 0.102. The highest BCUT2D eigenvalue weighted by molar-refractivity contribution is 7.15. The van der Waals surface area contributed by atoms with Gasteiger partial charge in [-0.05, 0) is 24.1 Å². The minimum atomic E-state index is -0.177. The number of nitrogens with zero attached hydrogens (tertiary/aromatic N) is 5. The van der Waals surface area contributed by atoms with Gasteiger partial charge in [-0.15, -0.1) is 10.2 Å². The van der Waals surface area contributed by atoms with Crippen molar-refractivity contribution >= 4 is 22.4 Å². The van der Waals surface area contributed by atoms with E-state index in [1.165, 1.54) is 30.5 Å². The number of hydrogen-bond acceptors (Lipinski definition) is 6. The summed E-state index contributed by atoms with van der Waals surface area (Å²) >= 11 is 1.44. The molecule has 2 heterocycles. The average molecular weight is 356 g/mol. The van der Waals surface area contributed by atoms with Crippen LogP contribution in [0.1, 0.15) is 47.1 Å². The fraction of sp³-hybridized carbons (Fsp3) is 0.353. The number of hydrogen-bond donors (Lipinski definition) is 1. The number of aromatic nitrogens is 5. The van der Waals surface area contributed by atoms with E-state index in [1.54, 1.807) is 23.1 Å². The number of rotatable bonds is 8. The number of carbonyl (C=O) groups is 1. The minimum Gasteiger partial charge on any atom is -0.296 e. The summed E-state index contributed by atoms with van der Waals surface area (Å²) in [5, 5.41) is 16.6. The summed E-state index contributed by atoms with van der Waals surface area (Å²) in [7, 11) is 0. The molecule has 1 aromatic carbocycles. The Labute approximate surface area is 150 Å². The van der Waals surface area contributed by atoms with Gasteiger partial charge in [-0.3, -0.25) is 10.1 Å². The van der Waals surface area contributed by atoms with Crippen molar-refractivity contribution in [3.05, 3.63) is 53.1 Å². The molecule has 3 aromatic rings. The molecule has 0 saturated carbocycles. The van der Waals surface area contributed by atoms with Crippen LogP contribution in [-0.2, 0) is 13.0 Å². The van der Waals surface area contributed by atoms with Crippen molar-refractivity contribution in [3.63, 3.8) is 0 Å². The first kappa shape index (κ1) is 17.2. The van der Waals surface area contributed by atoms with E-state index in [1.807, 2.05) is 12.1 Å². The molecule has 1 N–H and O–H groups in total. The summed E-state index contributed by atoms with van der Waals surface area (Å²) in [4.78, 5) is 16.2. The molecular formula is C17H20N6OS. The van der Waals surface area contributed by atoms with Crippen molar-refractivity contribution in [2.24, 2.45) is 0 Å². The zero-order valence-electron chi connectivity index (χ0n) is 14.1. The summed E-state index contributed by atoms with van der Waals surface area (Å²) < 4.78 is 1.73. The number of anilines is 1. The van der Waals surface area contributed by atoms with Gasteiger partial charge in [0, 0.05) is 12.0 Å². The molecule has 0 fully saturated rings. The monoisotopic (exact) mass is 356 g/mol. The maximum absolute atomic E-state index is 12.3. The largest absolute Gasteiger partial charge is 0.296 e. The quantitative estimate of drug-likeness (QED) is 0.627. The van der Waals surface area contributed by atoms with Crippen LogP contribution in [-0.4, -0.2) is 30.9 Å². The van der Waals surface area contributed by atoms with Crippen LogP contribution in [0.25, 0.3) is 0 Å². The highest BCUT2D eigenvalue weighted by Crippen LogP contribution is 2.18. The number of unbranched alkanes of at least 4 members (excludes halogenated alkanes) is 2. The molecule has 8 heteroatoms. The molecule has 130 valence electrons. The third-order valence-corrected chi connectivity index (χ3v) is 4.61. The zero-order chi connectivity index (χ0) is 17.5. The molecule has 0 spiro atoms. The fourth-order valence-corrected chi connectivity index (χ4v) is 3.14. The Kier molecular flexibility index (Phi) is 5.84. The molecule has 3 rings (SSSR count). The van der Waals surface area contributed by atoms with Gasteiger partial charge in [-0.25, -0.2) is 9.67 Å². The second-order valence-corrected chi connectivity index (χ2v) is 6.76. The van der Waals surface area contributed by atoms with E-state index in [9.17, 15) is 4.79 Å². The van der Waals surface area contributed by atoms with Crippen molar-refractivity contribution < 1.29 is 4.79 Å². The van der Waals surface area contributed by atoms with Gasteiger partial charge in [0.15, 0.2) is 0 Å². The van der Waals surface area contributed by atoms with Crippen LogP contribution in [0.4, 0.5) is 5.13 Å². The molecule has 0 unspecified atom stereocenters. The summed E-state index contributed by atoms with van der Waals surface area (Å²) in [5.41, 5.74) is 1.64. The summed E-state index contributed by atoms with van der Waals surface area (Å²) in [6.07, 6.45) is 7.54. The Morgan fingerprint density at radius 2 is 2.04 bits per heavy atom. The highest BCUT2D eigenvalue weighted by atomic mass is 32.1. The van der Waals surface area contributed by atoms with Crippen LogP contribution in [0.15, 0.2) is 36.9 Å². The third-order valence-electron chi connectivity index (χ3n) is 3.71. The first-order valence-electron chi connectivity index (χ1n) is 8.29. The second-order valence-electron chi connectivity index (χ2n) is 5.70. The third kappa shape index (κ3) is 4.93. The van der Waals surface area contributed by atoms with E-state index >= 15 is 0 Å². The van der Waals surface area contributed by atoms with Gasteiger partial charge in [0.1, 0.15) is 17.7 Å². The van der Waals surface area contributed by atoms with Crippen molar-refractivity contribution in [2.45, 2.75) is 39.2 Å². The molecule has 1 amide bonds. The van der Waals surface area contributed by atoms with Crippen molar-refractivity contribution in [3.8, 4) is 0 Å². The first-order chi connectivity index (χ1) is 12.2. The number of amides is 1. The lowest BCUT2D eigenvalue weighted by Crippen LogP contribution is -2.11. The molecule has 0 saturated heterocycles. The van der Waals surface area contributed by atoms with Crippen molar-refractivity contribution in [1.29, 1.82) is 0 Å². The van der Waals surface area contributed by atoms with Crippen LogP contribution in [0.5, 0.6) is 0 Å². The zero-order valence-corrected chi connectivity index (χ0v) is 14.9. The van der Waals surface area contributed by atoms with Gasteiger partial charge >= 0.3 is 0 Å². The van der Waals surface area contributed by atoms with E-state index < -0.39 is 0 Å². The number of aryl methyl sites for hydroxylation is 1. The van der Waals surface area contributed by atoms with Gasteiger partial charge in [-0.2, -0.15) is 5.10 Å². The van der Waals surface area contributed by atoms with E-state index in [4.69, 9.17) is 0 Å². The lowest BCUT2D eigenvalue weighted by Gasteiger charge is -2.04. The highest BCUT2D eigenvalue weighted by Gasteiger charge is 2.10. The van der Waals surface area contributed by atoms with E-state index in [-0.39, 0.29) is 5.91 Å². The van der Waals surface area contributed by atoms with E-state index in [0.29, 0.717) is 17.2 Å². The van der Waals surface area contributed by atoms with Gasteiger partial charge in [0.25, 0.3) is 5.91 Å². The minimum absolute atomic E-state index is 0.177. The van der Waals surface area contributed by atoms with Gasteiger partial charge in [0.05, 0.1) is 6.54 Å². The molecule has 0 aliphatic carbocycles.